The van der Waals surface area contributed by atoms with Gasteiger partial charge in [-0.3, -0.25) is 5.41 Å². The van der Waals surface area contributed by atoms with Crippen LogP contribution in [0.5, 0.6) is 5.75 Å². The molecule has 0 spiro atoms. The van der Waals surface area contributed by atoms with Gasteiger partial charge in [-0.15, -0.1) is 35.5 Å². The highest BCUT2D eigenvalue weighted by Crippen LogP contribution is 2.36. The molecule has 0 radical (unpaired) electrons. The molecule has 1 aromatic heterocycles. The molecule has 4 N–H and O–H groups in total. The summed E-state index contributed by atoms with van der Waals surface area (Å²) in [5.41, 5.74) is 7.48. The first-order valence-corrected chi connectivity index (χ1v) is 7.61. The van der Waals surface area contributed by atoms with Crippen LogP contribution in [0.4, 0.5) is 11.4 Å². The Labute approximate surface area is 132 Å². The maximum Gasteiger partial charge on any atom is 0.133 e. The minimum Gasteiger partial charge on any atom is -0.497 e. The number of hydrogen-bond acceptors (Lipinski definition) is 5. The summed E-state index contributed by atoms with van der Waals surface area (Å²) in [4.78, 5) is 0.778. The van der Waals surface area contributed by atoms with Gasteiger partial charge in [0.1, 0.15) is 11.6 Å². The van der Waals surface area contributed by atoms with Crippen molar-refractivity contribution in [3.8, 4) is 5.75 Å². The van der Waals surface area contributed by atoms with E-state index in [-0.39, 0.29) is 18.2 Å². The summed E-state index contributed by atoms with van der Waals surface area (Å²) < 4.78 is 6.24. The molecule has 1 aromatic carbocycles. The third-order valence-electron chi connectivity index (χ3n) is 2.52. The van der Waals surface area contributed by atoms with Crippen LogP contribution in [0, 0.1) is 5.41 Å². The van der Waals surface area contributed by atoms with Gasteiger partial charge in [0.25, 0.3) is 0 Å². The summed E-state index contributed by atoms with van der Waals surface area (Å²) in [5, 5.41) is 10.8. The number of nitrogens with two attached hydrogens (primary N) is 1. The van der Waals surface area contributed by atoms with Crippen molar-refractivity contribution in [2.45, 2.75) is 4.21 Å². The highest BCUT2D eigenvalue weighted by molar-refractivity contribution is 8.00. The number of hydrogen-bond donors (Lipinski definition) is 3. The molecule has 0 aliphatic carbocycles. The molecule has 0 aliphatic heterocycles. The number of thioether (sulfide) groups is 1. The number of amidine groups is 1. The van der Waals surface area contributed by atoms with E-state index in [0.717, 1.165) is 26.2 Å². The molecule has 0 atom stereocenters. The molecule has 0 saturated heterocycles. The molecule has 0 saturated carbocycles. The van der Waals surface area contributed by atoms with Crippen LogP contribution in [0.2, 0.25) is 0 Å². The van der Waals surface area contributed by atoms with E-state index in [9.17, 15) is 0 Å². The van der Waals surface area contributed by atoms with Crippen LogP contribution in [0.1, 0.15) is 4.88 Å². The number of thiophene rings is 1. The van der Waals surface area contributed by atoms with Crippen molar-refractivity contribution in [2.75, 3.05) is 18.7 Å². The number of nitrogens with one attached hydrogen (secondary N) is 2. The van der Waals surface area contributed by atoms with Gasteiger partial charge in [-0.25, -0.2) is 0 Å². The summed E-state index contributed by atoms with van der Waals surface area (Å²) in [6.45, 7) is 0. The van der Waals surface area contributed by atoms with Crippen LogP contribution in [-0.4, -0.2) is 19.2 Å². The van der Waals surface area contributed by atoms with E-state index in [1.54, 1.807) is 18.9 Å². The Morgan fingerprint density at radius 3 is 2.50 bits per heavy atom. The van der Waals surface area contributed by atoms with Crippen LogP contribution in [0.3, 0.4) is 0 Å². The van der Waals surface area contributed by atoms with Gasteiger partial charge < -0.3 is 15.8 Å². The number of benzene rings is 1. The third kappa shape index (κ3) is 3.82. The van der Waals surface area contributed by atoms with Crippen molar-refractivity contribution in [1.82, 2.24) is 0 Å². The average Bonchev–Trinajstić information content (AvgIpc) is 2.83. The molecule has 0 fully saturated rings. The summed E-state index contributed by atoms with van der Waals surface area (Å²) in [7, 11) is 1.65. The van der Waals surface area contributed by atoms with E-state index in [0.29, 0.717) is 0 Å². The zero-order chi connectivity index (χ0) is 13.8. The van der Waals surface area contributed by atoms with Gasteiger partial charge in [-0.05, 0) is 36.6 Å². The average molecular weight is 330 g/mol. The quantitative estimate of drug-likeness (QED) is 0.441. The van der Waals surface area contributed by atoms with Crippen molar-refractivity contribution in [3.05, 3.63) is 35.2 Å². The lowest BCUT2D eigenvalue weighted by atomic mass is 10.3. The first-order chi connectivity index (χ1) is 9.13. The summed E-state index contributed by atoms with van der Waals surface area (Å²) in [6.07, 6.45) is 2.01. The summed E-state index contributed by atoms with van der Waals surface area (Å²) in [6, 6.07) is 9.61. The van der Waals surface area contributed by atoms with E-state index < -0.39 is 0 Å². The molecule has 4 nitrogen and oxygen atoms in total. The fraction of sp³-hybridized carbons (Fsp3) is 0.154. The molecule has 1 heterocycles. The van der Waals surface area contributed by atoms with Gasteiger partial charge in [-0.2, -0.15) is 0 Å². The summed E-state index contributed by atoms with van der Waals surface area (Å²) >= 11 is 3.16. The number of halogens is 1. The Hall–Kier alpha value is -1.37. The van der Waals surface area contributed by atoms with Gasteiger partial charge in [0.15, 0.2) is 0 Å². The predicted octanol–water partition coefficient (Wildman–Crippen LogP) is 3.93. The highest BCUT2D eigenvalue weighted by atomic mass is 35.5. The SMILES string of the molecule is COc1ccc(Nc2cc(C(=N)N)sc2SC)cc1.Cl. The Kier molecular flexibility index (Phi) is 6.19. The number of methoxy groups -OCH3 is 1. The van der Waals surface area contributed by atoms with Crippen LogP contribution >= 0.6 is 35.5 Å². The first kappa shape index (κ1) is 16.7. The maximum atomic E-state index is 7.49. The van der Waals surface area contributed by atoms with Gasteiger partial charge in [0.05, 0.1) is 21.9 Å². The molecular weight excluding hydrogens is 314 g/mol. The van der Waals surface area contributed by atoms with E-state index >= 15 is 0 Å². The Morgan fingerprint density at radius 1 is 1.35 bits per heavy atom. The Balaban J connectivity index is 0.00000200. The highest BCUT2D eigenvalue weighted by Gasteiger charge is 2.10. The fourth-order valence-corrected chi connectivity index (χ4v) is 3.21. The largest absolute Gasteiger partial charge is 0.497 e. The van der Waals surface area contributed by atoms with Crippen molar-refractivity contribution in [1.29, 1.82) is 5.41 Å². The van der Waals surface area contributed by atoms with Crippen molar-refractivity contribution >= 4 is 52.7 Å². The second-order valence-corrected chi connectivity index (χ2v) is 5.91. The first-order valence-electron chi connectivity index (χ1n) is 5.57. The van der Waals surface area contributed by atoms with Crippen molar-refractivity contribution < 1.29 is 4.74 Å². The van der Waals surface area contributed by atoms with Crippen LogP contribution < -0.4 is 15.8 Å². The molecule has 0 aliphatic rings. The fourth-order valence-electron chi connectivity index (χ4n) is 1.58. The smallest absolute Gasteiger partial charge is 0.133 e. The maximum absolute atomic E-state index is 7.49. The Morgan fingerprint density at radius 2 is 2.00 bits per heavy atom. The molecule has 20 heavy (non-hydrogen) atoms. The normalized spacial score (nSPS) is 9.70. The number of nitrogen functional groups attached to an aromatic ring is 1. The molecule has 108 valence electrons. The third-order valence-corrected chi connectivity index (χ3v) is 4.82. The van der Waals surface area contributed by atoms with E-state index in [2.05, 4.69) is 5.32 Å². The van der Waals surface area contributed by atoms with E-state index in [4.69, 9.17) is 15.9 Å². The zero-order valence-corrected chi connectivity index (χ0v) is 13.5. The molecule has 2 aromatic rings. The zero-order valence-electron chi connectivity index (χ0n) is 11.1. The van der Waals surface area contributed by atoms with E-state index in [1.165, 1.54) is 11.3 Å². The van der Waals surface area contributed by atoms with Crippen LogP contribution in [0.15, 0.2) is 34.5 Å². The molecule has 2 rings (SSSR count). The molecule has 0 amide bonds. The Bertz CT molecular complexity index is 584. The molecule has 7 heteroatoms. The van der Waals surface area contributed by atoms with Crippen LogP contribution in [-0.2, 0) is 0 Å². The lowest BCUT2D eigenvalue weighted by Crippen LogP contribution is -2.08. The minimum absolute atomic E-state index is 0. The topological polar surface area (TPSA) is 71.1 Å². The molecule has 0 bridgehead atoms. The second kappa shape index (κ2) is 7.42. The molecular formula is C13H16ClN3OS2. The molecule has 0 unspecified atom stereocenters. The van der Waals surface area contributed by atoms with Gasteiger partial charge in [0, 0.05) is 5.69 Å². The second-order valence-electron chi connectivity index (χ2n) is 3.78. The number of ether oxygens (including phenoxy) is 1. The lowest BCUT2D eigenvalue weighted by molar-refractivity contribution is 0.415. The monoisotopic (exact) mass is 329 g/mol. The predicted molar refractivity (Wildman–Crippen MR) is 90.6 cm³/mol. The van der Waals surface area contributed by atoms with E-state index in [1.807, 2.05) is 36.6 Å². The van der Waals surface area contributed by atoms with Gasteiger partial charge in [0.2, 0.25) is 0 Å². The van der Waals surface area contributed by atoms with Crippen molar-refractivity contribution in [2.24, 2.45) is 5.73 Å². The lowest BCUT2D eigenvalue weighted by Gasteiger charge is -2.07. The minimum atomic E-state index is 0. The van der Waals surface area contributed by atoms with Gasteiger partial charge >= 0.3 is 0 Å². The number of rotatable bonds is 5. The van der Waals surface area contributed by atoms with Crippen molar-refractivity contribution in [3.63, 3.8) is 0 Å². The van der Waals surface area contributed by atoms with Gasteiger partial charge in [-0.1, -0.05) is 0 Å². The standard InChI is InChI=1S/C13H15N3OS2.ClH/c1-17-9-5-3-8(4-6-9)16-10-7-11(12(14)15)19-13(10)18-2;/h3-7,16H,1-2H3,(H3,14,15);1H. The number of anilines is 2. The summed E-state index contributed by atoms with van der Waals surface area (Å²) in [5.74, 6) is 0.925. The van der Waals surface area contributed by atoms with Crippen LogP contribution in [0.25, 0.3) is 0 Å².